The lowest BCUT2D eigenvalue weighted by atomic mass is 9.90. The zero-order chi connectivity index (χ0) is 14.4. The van der Waals surface area contributed by atoms with Gasteiger partial charge in [0.2, 0.25) is 0 Å². The molecule has 1 aliphatic rings. The van der Waals surface area contributed by atoms with Gasteiger partial charge in [-0.15, -0.1) is 0 Å². The molecule has 0 radical (unpaired) electrons. The van der Waals surface area contributed by atoms with E-state index in [2.05, 4.69) is 89.6 Å². The highest BCUT2D eigenvalue weighted by atomic mass is 79.9. The predicted octanol–water partition coefficient (Wildman–Crippen LogP) is 6.07. The third kappa shape index (κ3) is 2.13. The summed E-state index contributed by atoms with van der Waals surface area (Å²) in [5.74, 6) is 0.362. The first-order valence-electron chi connectivity index (χ1n) is 7.19. The number of halogens is 1. The van der Waals surface area contributed by atoms with Crippen molar-refractivity contribution in [1.82, 2.24) is 0 Å². The normalized spacial score (nSPS) is 16.4. The first kappa shape index (κ1) is 12.8. The highest BCUT2D eigenvalue weighted by Gasteiger charge is 2.21. The Morgan fingerprint density at radius 1 is 0.905 bits per heavy atom. The van der Waals surface area contributed by atoms with Gasteiger partial charge in [0.15, 0.2) is 0 Å². The number of allylic oxidation sites excluding steroid dienone is 1. The smallest absolute Gasteiger partial charge is 0.0279 e. The van der Waals surface area contributed by atoms with E-state index in [1.165, 1.54) is 33.0 Å². The molecule has 0 spiro atoms. The highest BCUT2D eigenvalue weighted by Crippen LogP contribution is 2.39. The van der Waals surface area contributed by atoms with Gasteiger partial charge in [-0.05, 0) is 52.1 Å². The Morgan fingerprint density at radius 3 is 2.57 bits per heavy atom. The summed E-state index contributed by atoms with van der Waals surface area (Å²) in [4.78, 5) is 0. The summed E-state index contributed by atoms with van der Waals surface area (Å²) in [6.07, 6.45) is 4.57. The van der Waals surface area contributed by atoms with Crippen LogP contribution in [0, 0.1) is 6.92 Å². The molecule has 102 valence electrons. The highest BCUT2D eigenvalue weighted by molar-refractivity contribution is 9.10. The molecule has 3 aromatic rings. The zero-order valence-electron chi connectivity index (χ0n) is 11.8. The minimum Gasteiger partial charge on any atom is -0.0720 e. The molecule has 1 unspecified atom stereocenters. The number of benzene rings is 3. The van der Waals surface area contributed by atoms with Gasteiger partial charge in [0, 0.05) is 10.4 Å². The Balaban J connectivity index is 1.87. The van der Waals surface area contributed by atoms with Crippen molar-refractivity contribution >= 4 is 32.8 Å². The van der Waals surface area contributed by atoms with E-state index < -0.39 is 0 Å². The third-order valence-electron chi connectivity index (χ3n) is 4.31. The van der Waals surface area contributed by atoms with E-state index in [-0.39, 0.29) is 0 Å². The molecule has 0 saturated heterocycles. The summed E-state index contributed by atoms with van der Waals surface area (Å²) in [6, 6.07) is 19.8. The van der Waals surface area contributed by atoms with Gasteiger partial charge in [-0.1, -0.05) is 70.5 Å². The number of hydrogen-bond donors (Lipinski definition) is 0. The lowest BCUT2D eigenvalue weighted by Gasteiger charge is -2.14. The second kappa shape index (κ2) is 4.85. The molecule has 0 heterocycles. The Bertz CT molecular complexity index is 874. The molecular formula is C20H15Br. The Labute approximate surface area is 133 Å². The van der Waals surface area contributed by atoms with E-state index in [1.807, 2.05) is 0 Å². The quantitative estimate of drug-likeness (QED) is 0.506. The van der Waals surface area contributed by atoms with E-state index in [0.717, 1.165) is 4.47 Å². The molecule has 0 saturated carbocycles. The predicted molar refractivity (Wildman–Crippen MR) is 93.7 cm³/mol. The van der Waals surface area contributed by atoms with E-state index in [1.54, 1.807) is 0 Å². The van der Waals surface area contributed by atoms with Crippen LogP contribution in [0.5, 0.6) is 0 Å². The van der Waals surface area contributed by atoms with Crippen LogP contribution in [-0.2, 0) is 0 Å². The Kier molecular flexibility index (Phi) is 2.97. The molecule has 21 heavy (non-hydrogen) atoms. The second-order valence-electron chi connectivity index (χ2n) is 5.67. The first-order valence-corrected chi connectivity index (χ1v) is 7.98. The van der Waals surface area contributed by atoms with Crippen LogP contribution in [0.4, 0.5) is 0 Å². The minimum atomic E-state index is 0.362. The molecule has 0 aliphatic heterocycles. The maximum Gasteiger partial charge on any atom is 0.0279 e. The zero-order valence-corrected chi connectivity index (χ0v) is 13.4. The number of fused-ring (bicyclic) bond motifs is 2. The lowest BCUT2D eigenvalue weighted by Crippen LogP contribution is -1.97. The van der Waals surface area contributed by atoms with Crippen LogP contribution in [0.2, 0.25) is 0 Å². The maximum absolute atomic E-state index is 3.63. The summed E-state index contributed by atoms with van der Waals surface area (Å²) in [5, 5.41) is 2.61. The first-order chi connectivity index (χ1) is 10.2. The van der Waals surface area contributed by atoms with Crippen molar-refractivity contribution < 1.29 is 0 Å². The van der Waals surface area contributed by atoms with Gasteiger partial charge < -0.3 is 0 Å². The fourth-order valence-corrected chi connectivity index (χ4v) is 3.84. The van der Waals surface area contributed by atoms with Crippen LogP contribution in [0.3, 0.4) is 0 Å². The van der Waals surface area contributed by atoms with Gasteiger partial charge in [-0.3, -0.25) is 0 Å². The van der Waals surface area contributed by atoms with Crippen molar-refractivity contribution in [2.45, 2.75) is 12.8 Å². The molecule has 4 rings (SSSR count). The van der Waals surface area contributed by atoms with Gasteiger partial charge in [0.1, 0.15) is 0 Å². The summed E-state index contributed by atoms with van der Waals surface area (Å²) >= 11 is 3.63. The third-order valence-corrected chi connectivity index (χ3v) is 4.76. The standard InChI is InChI=1S/C20H15Br/c1-13-10-17(21)12-20-18(13)8-9-19(20)16-7-6-14-4-2-3-5-15(14)11-16/h2-12,19H,1H3. The number of rotatable bonds is 1. The van der Waals surface area contributed by atoms with Crippen molar-refractivity contribution in [1.29, 1.82) is 0 Å². The minimum absolute atomic E-state index is 0.362. The summed E-state index contributed by atoms with van der Waals surface area (Å²) in [5.41, 5.74) is 5.47. The van der Waals surface area contributed by atoms with E-state index in [9.17, 15) is 0 Å². The van der Waals surface area contributed by atoms with Gasteiger partial charge in [-0.2, -0.15) is 0 Å². The summed E-state index contributed by atoms with van der Waals surface area (Å²) < 4.78 is 1.16. The molecule has 0 bridgehead atoms. The van der Waals surface area contributed by atoms with Crippen molar-refractivity contribution in [3.05, 3.63) is 87.4 Å². The SMILES string of the molecule is Cc1cc(Br)cc2c1C=CC2c1ccc2ccccc2c1. The Morgan fingerprint density at radius 2 is 1.71 bits per heavy atom. The van der Waals surface area contributed by atoms with Crippen LogP contribution >= 0.6 is 15.9 Å². The molecule has 1 aliphatic carbocycles. The van der Waals surface area contributed by atoms with Crippen LogP contribution < -0.4 is 0 Å². The second-order valence-corrected chi connectivity index (χ2v) is 6.58. The summed E-state index contributed by atoms with van der Waals surface area (Å²) in [7, 11) is 0. The van der Waals surface area contributed by atoms with Crippen LogP contribution in [0.15, 0.2) is 65.1 Å². The molecule has 3 aromatic carbocycles. The largest absolute Gasteiger partial charge is 0.0720 e. The van der Waals surface area contributed by atoms with E-state index in [4.69, 9.17) is 0 Å². The van der Waals surface area contributed by atoms with Crippen LogP contribution in [0.1, 0.15) is 28.2 Å². The van der Waals surface area contributed by atoms with Gasteiger partial charge in [-0.25, -0.2) is 0 Å². The molecular weight excluding hydrogens is 320 g/mol. The van der Waals surface area contributed by atoms with Crippen molar-refractivity contribution in [3.63, 3.8) is 0 Å². The van der Waals surface area contributed by atoms with Crippen molar-refractivity contribution in [3.8, 4) is 0 Å². The average Bonchev–Trinajstić information content (AvgIpc) is 2.91. The lowest BCUT2D eigenvalue weighted by molar-refractivity contribution is 1.05. The van der Waals surface area contributed by atoms with Crippen LogP contribution in [0.25, 0.3) is 16.8 Å². The molecule has 0 aromatic heterocycles. The average molecular weight is 335 g/mol. The fraction of sp³-hybridized carbons (Fsp3) is 0.100. The van der Waals surface area contributed by atoms with Crippen molar-refractivity contribution in [2.75, 3.05) is 0 Å². The molecule has 1 atom stereocenters. The van der Waals surface area contributed by atoms with E-state index >= 15 is 0 Å². The van der Waals surface area contributed by atoms with E-state index in [0.29, 0.717) is 5.92 Å². The van der Waals surface area contributed by atoms with Gasteiger partial charge in [0.05, 0.1) is 0 Å². The topological polar surface area (TPSA) is 0 Å². The molecule has 0 amide bonds. The number of aryl methyl sites for hydroxylation is 1. The monoisotopic (exact) mass is 334 g/mol. The molecule has 0 N–H and O–H groups in total. The Hall–Kier alpha value is -1.86. The fourth-order valence-electron chi connectivity index (χ4n) is 3.25. The summed E-state index contributed by atoms with van der Waals surface area (Å²) in [6.45, 7) is 2.18. The van der Waals surface area contributed by atoms with Gasteiger partial charge >= 0.3 is 0 Å². The van der Waals surface area contributed by atoms with Crippen LogP contribution in [-0.4, -0.2) is 0 Å². The molecule has 0 nitrogen and oxygen atoms in total. The molecule has 1 heteroatoms. The van der Waals surface area contributed by atoms with Crippen molar-refractivity contribution in [2.24, 2.45) is 0 Å². The number of hydrogen-bond acceptors (Lipinski definition) is 0. The maximum atomic E-state index is 3.63. The van der Waals surface area contributed by atoms with Gasteiger partial charge in [0.25, 0.3) is 0 Å². The molecule has 0 fully saturated rings.